The SMILES string of the molecule is COc1ccc(N[C@H](c2ccccn2)c2ccc3cccnc3c2O)cc1Cl. The molecule has 1 atom stereocenters. The second-order valence-corrected chi connectivity index (χ2v) is 6.67. The van der Waals surface area contributed by atoms with E-state index >= 15 is 0 Å². The van der Waals surface area contributed by atoms with Crippen molar-refractivity contribution < 1.29 is 9.84 Å². The number of halogens is 1. The number of phenolic OH excluding ortho intramolecular Hbond substituents is 1. The number of phenols is 1. The van der Waals surface area contributed by atoms with E-state index in [0.717, 1.165) is 16.8 Å². The van der Waals surface area contributed by atoms with E-state index in [0.29, 0.717) is 21.9 Å². The van der Waals surface area contributed by atoms with Crippen LogP contribution < -0.4 is 10.1 Å². The van der Waals surface area contributed by atoms with Gasteiger partial charge in [-0.05, 0) is 36.4 Å². The van der Waals surface area contributed by atoms with E-state index < -0.39 is 6.04 Å². The Morgan fingerprint density at radius 3 is 2.61 bits per heavy atom. The number of hydrogen-bond acceptors (Lipinski definition) is 5. The van der Waals surface area contributed by atoms with Gasteiger partial charge in [-0.2, -0.15) is 0 Å². The number of fused-ring (bicyclic) bond motifs is 1. The molecule has 6 heteroatoms. The molecule has 4 aromatic rings. The summed E-state index contributed by atoms with van der Waals surface area (Å²) in [5, 5.41) is 15.7. The molecule has 0 aliphatic carbocycles. The summed E-state index contributed by atoms with van der Waals surface area (Å²) in [7, 11) is 1.57. The zero-order chi connectivity index (χ0) is 19.5. The highest BCUT2D eigenvalue weighted by Crippen LogP contribution is 2.37. The summed E-state index contributed by atoms with van der Waals surface area (Å²) in [5.74, 6) is 0.722. The van der Waals surface area contributed by atoms with Crippen LogP contribution in [0.3, 0.4) is 0 Å². The van der Waals surface area contributed by atoms with Crippen molar-refractivity contribution in [3.05, 3.63) is 89.3 Å². The normalized spacial score (nSPS) is 11.9. The summed E-state index contributed by atoms with van der Waals surface area (Å²) in [4.78, 5) is 8.80. The molecule has 2 aromatic heterocycles. The number of pyridine rings is 2. The number of aromatic hydroxyl groups is 1. The van der Waals surface area contributed by atoms with Crippen molar-refractivity contribution in [3.63, 3.8) is 0 Å². The monoisotopic (exact) mass is 391 g/mol. The van der Waals surface area contributed by atoms with E-state index in [-0.39, 0.29) is 5.75 Å². The maximum atomic E-state index is 10.9. The maximum absolute atomic E-state index is 10.9. The number of anilines is 1. The van der Waals surface area contributed by atoms with Crippen molar-refractivity contribution in [2.75, 3.05) is 12.4 Å². The molecule has 140 valence electrons. The Kier molecular flexibility index (Phi) is 5.00. The number of aromatic nitrogens is 2. The Balaban J connectivity index is 1.81. The molecule has 0 bridgehead atoms. The standard InChI is InChI=1S/C22H18ClN3O2/c1-28-19-10-8-15(13-17(19)23)26-21(18-6-2-3-11-24-18)16-9-7-14-5-4-12-25-20(14)22(16)27/h2-13,21,26-27H,1H3/t21-/m0/s1. The number of rotatable bonds is 5. The van der Waals surface area contributed by atoms with Crippen LogP contribution in [0.25, 0.3) is 10.9 Å². The molecule has 2 heterocycles. The smallest absolute Gasteiger partial charge is 0.147 e. The third-order valence-corrected chi connectivity index (χ3v) is 4.83. The van der Waals surface area contributed by atoms with Crippen molar-refractivity contribution in [1.82, 2.24) is 9.97 Å². The van der Waals surface area contributed by atoms with Crippen LogP contribution in [0.2, 0.25) is 5.02 Å². The first-order chi connectivity index (χ1) is 13.7. The van der Waals surface area contributed by atoms with Crippen LogP contribution in [0.5, 0.6) is 11.5 Å². The van der Waals surface area contributed by atoms with Gasteiger partial charge in [0.1, 0.15) is 17.0 Å². The minimum absolute atomic E-state index is 0.126. The van der Waals surface area contributed by atoms with Gasteiger partial charge in [-0.25, -0.2) is 0 Å². The average Bonchev–Trinajstić information content (AvgIpc) is 2.74. The van der Waals surface area contributed by atoms with Crippen molar-refractivity contribution in [2.45, 2.75) is 6.04 Å². The summed E-state index contributed by atoms with van der Waals surface area (Å²) in [5.41, 5.74) is 2.77. The van der Waals surface area contributed by atoms with E-state index in [1.54, 1.807) is 31.6 Å². The Labute approximate surface area is 167 Å². The number of hydrogen-bond donors (Lipinski definition) is 2. The van der Waals surface area contributed by atoms with Crippen LogP contribution >= 0.6 is 11.6 Å². The average molecular weight is 392 g/mol. The minimum Gasteiger partial charge on any atom is -0.505 e. The Hall–Kier alpha value is -3.31. The van der Waals surface area contributed by atoms with Crippen LogP contribution in [0.1, 0.15) is 17.3 Å². The lowest BCUT2D eigenvalue weighted by molar-refractivity contribution is 0.415. The molecule has 0 spiro atoms. The Morgan fingerprint density at radius 1 is 1.00 bits per heavy atom. The molecule has 0 aliphatic rings. The van der Waals surface area contributed by atoms with E-state index in [1.165, 1.54) is 0 Å². The first-order valence-corrected chi connectivity index (χ1v) is 9.13. The predicted molar refractivity (Wildman–Crippen MR) is 111 cm³/mol. The van der Waals surface area contributed by atoms with E-state index in [2.05, 4.69) is 15.3 Å². The molecule has 0 saturated carbocycles. The number of methoxy groups -OCH3 is 1. The van der Waals surface area contributed by atoms with Gasteiger partial charge in [0.15, 0.2) is 0 Å². The molecular weight excluding hydrogens is 374 g/mol. The first kappa shape index (κ1) is 18.1. The molecule has 0 aliphatic heterocycles. The van der Waals surface area contributed by atoms with Crippen LogP contribution in [-0.4, -0.2) is 22.2 Å². The second kappa shape index (κ2) is 7.74. The van der Waals surface area contributed by atoms with Crippen LogP contribution in [0.15, 0.2) is 73.1 Å². The lowest BCUT2D eigenvalue weighted by atomic mass is 9.99. The summed E-state index contributed by atoms with van der Waals surface area (Å²) in [6.07, 6.45) is 3.39. The first-order valence-electron chi connectivity index (χ1n) is 8.75. The molecule has 2 aromatic carbocycles. The molecule has 5 nitrogen and oxygen atoms in total. The lowest BCUT2D eigenvalue weighted by Gasteiger charge is -2.22. The summed E-state index contributed by atoms with van der Waals surface area (Å²) in [6, 6.07) is 18.3. The molecular formula is C22H18ClN3O2. The largest absolute Gasteiger partial charge is 0.505 e. The zero-order valence-corrected chi connectivity index (χ0v) is 15.9. The van der Waals surface area contributed by atoms with Gasteiger partial charge in [0, 0.05) is 29.0 Å². The molecule has 0 fully saturated rings. The van der Waals surface area contributed by atoms with Crippen molar-refractivity contribution in [1.29, 1.82) is 0 Å². The second-order valence-electron chi connectivity index (χ2n) is 6.26. The van der Waals surface area contributed by atoms with E-state index in [9.17, 15) is 5.11 Å². The summed E-state index contributed by atoms with van der Waals surface area (Å²) < 4.78 is 5.22. The molecule has 0 amide bonds. The van der Waals surface area contributed by atoms with Crippen LogP contribution in [-0.2, 0) is 0 Å². The third-order valence-electron chi connectivity index (χ3n) is 4.54. The van der Waals surface area contributed by atoms with Gasteiger partial charge in [0.05, 0.1) is 23.9 Å². The van der Waals surface area contributed by atoms with Gasteiger partial charge >= 0.3 is 0 Å². The predicted octanol–water partition coefficient (Wildman–Crippen LogP) is 5.20. The molecule has 2 N–H and O–H groups in total. The van der Waals surface area contributed by atoms with Crippen molar-refractivity contribution in [2.24, 2.45) is 0 Å². The molecule has 28 heavy (non-hydrogen) atoms. The Morgan fingerprint density at radius 2 is 1.86 bits per heavy atom. The number of nitrogens with one attached hydrogen (secondary N) is 1. The lowest BCUT2D eigenvalue weighted by Crippen LogP contribution is -2.14. The van der Waals surface area contributed by atoms with Gasteiger partial charge < -0.3 is 15.2 Å². The third kappa shape index (κ3) is 3.44. The zero-order valence-electron chi connectivity index (χ0n) is 15.1. The van der Waals surface area contributed by atoms with Crippen LogP contribution in [0, 0.1) is 0 Å². The fourth-order valence-electron chi connectivity index (χ4n) is 3.16. The van der Waals surface area contributed by atoms with E-state index in [1.807, 2.05) is 48.5 Å². The van der Waals surface area contributed by atoms with Gasteiger partial charge in [-0.3, -0.25) is 9.97 Å². The quantitative estimate of drug-likeness (QED) is 0.489. The molecule has 4 rings (SSSR count). The molecule has 0 saturated heterocycles. The van der Waals surface area contributed by atoms with Gasteiger partial charge in [-0.15, -0.1) is 0 Å². The van der Waals surface area contributed by atoms with E-state index in [4.69, 9.17) is 16.3 Å². The highest BCUT2D eigenvalue weighted by Gasteiger charge is 2.21. The van der Waals surface area contributed by atoms with Gasteiger partial charge in [-0.1, -0.05) is 35.9 Å². The summed E-state index contributed by atoms with van der Waals surface area (Å²) in [6.45, 7) is 0. The number of ether oxygens (including phenoxy) is 1. The molecule has 0 radical (unpaired) electrons. The van der Waals surface area contributed by atoms with Crippen molar-refractivity contribution in [3.8, 4) is 11.5 Å². The highest BCUT2D eigenvalue weighted by molar-refractivity contribution is 6.32. The van der Waals surface area contributed by atoms with Crippen LogP contribution in [0.4, 0.5) is 5.69 Å². The maximum Gasteiger partial charge on any atom is 0.147 e. The minimum atomic E-state index is -0.392. The Bertz CT molecular complexity index is 1120. The topological polar surface area (TPSA) is 67.3 Å². The highest BCUT2D eigenvalue weighted by atomic mass is 35.5. The van der Waals surface area contributed by atoms with Gasteiger partial charge in [0.2, 0.25) is 0 Å². The fourth-order valence-corrected chi connectivity index (χ4v) is 3.42. The van der Waals surface area contributed by atoms with Crippen molar-refractivity contribution >= 4 is 28.2 Å². The summed E-state index contributed by atoms with van der Waals surface area (Å²) >= 11 is 6.27. The number of nitrogens with zero attached hydrogens (tertiary/aromatic N) is 2. The fraction of sp³-hybridized carbons (Fsp3) is 0.0909. The van der Waals surface area contributed by atoms with Gasteiger partial charge in [0.25, 0.3) is 0 Å². The molecule has 0 unspecified atom stereocenters. The number of benzene rings is 2.